The molecule has 116 valence electrons. The van der Waals surface area contributed by atoms with Gasteiger partial charge in [-0.2, -0.15) is 0 Å². The smallest absolute Gasteiger partial charge is 0.241 e. The summed E-state index contributed by atoms with van der Waals surface area (Å²) in [5, 5.41) is 5.69. The van der Waals surface area contributed by atoms with Crippen LogP contribution in [-0.2, 0) is 14.8 Å². The summed E-state index contributed by atoms with van der Waals surface area (Å²) in [4.78, 5) is 11.4. The number of anilines is 1. The summed E-state index contributed by atoms with van der Waals surface area (Å²) in [6.07, 6.45) is 0.877. The minimum atomic E-state index is -3.59. The lowest BCUT2D eigenvalue weighted by molar-refractivity contribution is -0.122. The van der Waals surface area contributed by atoms with Crippen LogP contribution in [0.5, 0.6) is 0 Å². The van der Waals surface area contributed by atoms with Crippen LogP contribution in [0.3, 0.4) is 0 Å². The maximum atomic E-state index is 12.6. The molecule has 0 aromatic heterocycles. The molecule has 0 aliphatic carbocycles. The normalized spacial score (nSPS) is 19.2. The summed E-state index contributed by atoms with van der Waals surface area (Å²) in [7, 11) is -1.80. The van der Waals surface area contributed by atoms with Gasteiger partial charge < -0.3 is 10.6 Å². The third-order valence-corrected chi connectivity index (χ3v) is 5.43. The molecule has 1 aromatic carbocycles. The third-order valence-electron chi connectivity index (χ3n) is 3.61. The van der Waals surface area contributed by atoms with Gasteiger partial charge >= 0.3 is 0 Å². The topological polar surface area (TPSA) is 87.3 Å². The Labute approximate surface area is 125 Å². The monoisotopic (exact) mass is 311 g/mol. The zero-order valence-electron chi connectivity index (χ0n) is 12.5. The summed E-state index contributed by atoms with van der Waals surface area (Å²) in [6.45, 7) is 3.90. The quantitative estimate of drug-likeness (QED) is 0.771. The Morgan fingerprint density at radius 2 is 1.86 bits per heavy atom. The minimum Gasteiger partial charge on any atom is -0.388 e. The van der Waals surface area contributed by atoms with E-state index in [-0.39, 0.29) is 11.9 Å². The highest BCUT2D eigenvalue weighted by Crippen LogP contribution is 2.24. The number of hydrogen-bond acceptors (Lipinski definition) is 4. The largest absolute Gasteiger partial charge is 0.388 e. The molecule has 1 saturated heterocycles. The Hall–Kier alpha value is -1.60. The van der Waals surface area contributed by atoms with Crippen LogP contribution in [-0.4, -0.2) is 34.0 Å². The number of nitrogens with one attached hydrogen (secondary N) is 3. The SMILES string of the molecule is CNc1cc(C)c(S(=O)(=O)NC2CCC(=O)NC2)c(C)c1. The van der Waals surface area contributed by atoms with Crippen molar-refractivity contribution >= 4 is 21.6 Å². The lowest BCUT2D eigenvalue weighted by Gasteiger charge is -2.24. The molecule has 3 N–H and O–H groups in total. The average molecular weight is 311 g/mol. The van der Waals surface area contributed by atoms with Crippen LogP contribution in [0.15, 0.2) is 17.0 Å². The number of carbonyl (C=O) groups excluding carboxylic acids is 1. The first-order valence-corrected chi connectivity index (χ1v) is 8.40. The van der Waals surface area contributed by atoms with Crippen LogP contribution in [0, 0.1) is 13.8 Å². The summed E-state index contributed by atoms with van der Waals surface area (Å²) < 4.78 is 27.8. The molecule has 21 heavy (non-hydrogen) atoms. The van der Waals surface area contributed by atoms with Crippen LogP contribution >= 0.6 is 0 Å². The van der Waals surface area contributed by atoms with Crippen LogP contribution < -0.4 is 15.4 Å². The van der Waals surface area contributed by atoms with E-state index in [1.165, 1.54) is 0 Å². The van der Waals surface area contributed by atoms with E-state index in [2.05, 4.69) is 15.4 Å². The molecule has 7 heteroatoms. The van der Waals surface area contributed by atoms with Gasteiger partial charge in [0.2, 0.25) is 15.9 Å². The molecular formula is C14H21N3O3S. The molecule has 0 saturated carbocycles. The van der Waals surface area contributed by atoms with Crippen LogP contribution in [0.25, 0.3) is 0 Å². The van der Waals surface area contributed by atoms with Crippen molar-refractivity contribution in [1.82, 2.24) is 10.0 Å². The summed E-state index contributed by atoms with van der Waals surface area (Å²) in [5.74, 6) is -0.0313. The second-order valence-electron chi connectivity index (χ2n) is 5.35. The van der Waals surface area contributed by atoms with Gasteiger partial charge in [0.1, 0.15) is 0 Å². The van der Waals surface area contributed by atoms with Crippen molar-refractivity contribution < 1.29 is 13.2 Å². The molecule has 1 aliphatic rings. The Balaban J connectivity index is 2.25. The molecule has 0 spiro atoms. The fraction of sp³-hybridized carbons (Fsp3) is 0.500. The fourth-order valence-corrected chi connectivity index (χ4v) is 4.35. The van der Waals surface area contributed by atoms with Gasteiger partial charge in [0.15, 0.2) is 0 Å². The van der Waals surface area contributed by atoms with Crippen LogP contribution in [0.2, 0.25) is 0 Å². The Kier molecular flexibility index (Phi) is 4.53. The van der Waals surface area contributed by atoms with Gasteiger partial charge in [-0.25, -0.2) is 13.1 Å². The van der Waals surface area contributed by atoms with Gasteiger partial charge in [0.05, 0.1) is 4.90 Å². The highest BCUT2D eigenvalue weighted by atomic mass is 32.2. The van der Waals surface area contributed by atoms with E-state index in [9.17, 15) is 13.2 Å². The number of hydrogen-bond donors (Lipinski definition) is 3. The van der Waals surface area contributed by atoms with E-state index in [1.54, 1.807) is 20.9 Å². The van der Waals surface area contributed by atoms with E-state index in [4.69, 9.17) is 0 Å². The number of amides is 1. The number of benzene rings is 1. The minimum absolute atomic E-state index is 0.0313. The molecule has 6 nitrogen and oxygen atoms in total. The average Bonchev–Trinajstić information content (AvgIpc) is 2.39. The highest BCUT2D eigenvalue weighted by molar-refractivity contribution is 7.89. The fourth-order valence-electron chi connectivity index (χ4n) is 2.63. The Bertz CT molecular complexity index is 622. The maximum Gasteiger partial charge on any atom is 0.241 e. The first-order chi connectivity index (χ1) is 9.83. The lowest BCUT2D eigenvalue weighted by Crippen LogP contribution is -2.47. The van der Waals surface area contributed by atoms with Gasteiger partial charge in [-0.1, -0.05) is 0 Å². The number of aryl methyl sites for hydroxylation is 2. The van der Waals surface area contributed by atoms with Crippen molar-refractivity contribution in [2.75, 3.05) is 18.9 Å². The van der Waals surface area contributed by atoms with E-state index in [0.29, 0.717) is 35.4 Å². The van der Waals surface area contributed by atoms with E-state index in [1.807, 2.05) is 12.1 Å². The Morgan fingerprint density at radius 1 is 1.24 bits per heavy atom. The zero-order valence-corrected chi connectivity index (χ0v) is 13.3. The van der Waals surface area contributed by atoms with Gasteiger partial charge in [0, 0.05) is 31.7 Å². The molecule has 1 aromatic rings. The number of piperidine rings is 1. The first-order valence-electron chi connectivity index (χ1n) is 6.91. The molecule has 2 rings (SSSR count). The van der Waals surface area contributed by atoms with Gasteiger partial charge in [0.25, 0.3) is 0 Å². The number of rotatable bonds is 4. The van der Waals surface area contributed by atoms with E-state index in [0.717, 1.165) is 5.69 Å². The standard InChI is InChI=1S/C14H21N3O3S/c1-9-6-12(15-3)7-10(2)14(9)21(19,20)17-11-4-5-13(18)16-8-11/h6-7,11,15,17H,4-5,8H2,1-3H3,(H,16,18). The van der Waals surface area contributed by atoms with Crippen molar-refractivity contribution in [2.45, 2.75) is 37.6 Å². The summed E-state index contributed by atoms with van der Waals surface area (Å²) >= 11 is 0. The number of sulfonamides is 1. The molecule has 1 atom stereocenters. The van der Waals surface area contributed by atoms with Crippen molar-refractivity contribution in [2.24, 2.45) is 0 Å². The molecule has 1 amide bonds. The number of carbonyl (C=O) groups is 1. The van der Waals surface area contributed by atoms with Gasteiger partial charge in [-0.3, -0.25) is 4.79 Å². The van der Waals surface area contributed by atoms with Crippen molar-refractivity contribution in [1.29, 1.82) is 0 Å². The second-order valence-corrected chi connectivity index (χ2v) is 7.00. The lowest BCUT2D eigenvalue weighted by atomic mass is 10.1. The zero-order chi connectivity index (χ0) is 15.6. The van der Waals surface area contributed by atoms with Crippen LogP contribution in [0.4, 0.5) is 5.69 Å². The predicted molar refractivity (Wildman–Crippen MR) is 81.8 cm³/mol. The summed E-state index contributed by atoms with van der Waals surface area (Å²) in [6, 6.07) is 3.37. The highest BCUT2D eigenvalue weighted by Gasteiger charge is 2.26. The first kappa shape index (κ1) is 15.8. The van der Waals surface area contributed by atoms with E-state index < -0.39 is 10.0 Å². The van der Waals surface area contributed by atoms with Gasteiger partial charge in [-0.15, -0.1) is 0 Å². The Morgan fingerprint density at radius 3 is 2.33 bits per heavy atom. The molecule has 0 bridgehead atoms. The van der Waals surface area contributed by atoms with E-state index >= 15 is 0 Å². The molecular weight excluding hydrogens is 290 g/mol. The van der Waals surface area contributed by atoms with Gasteiger partial charge in [-0.05, 0) is 43.5 Å². The predicted octanol–water partition coefficient (Wildman–Crippen LogP) is 0.902. The maximum absolute atomic E-state index is 12.6. The molecule has 0 radical (unpaired) electrons. The third kappa shape index (κ3) is 3.54. The molecule has 1 aliphatic heterocycles. The van der Waals surface area contributed by atoms with Crippen molar-refractivity contribution in [3.05, 3.63) is 23.3 Å². The molecule has 1 heterocycles. The van der Waals surface area contributed by atoms with Crippen molar-refractivity contribution in [3.8, 4) is 0 Å². The molecule has 1 fully saturated rings. The van der Waals surface area contributed by atoms with Crippen molar-refractivity contribution in [3.63, 3.8) is 0 Å². The second kappa shape index (κ2) is 6.03. The molecule has 1 unspecified atom stereocenters. The van der Waals surface area contributed by atoms with Crippen LogP contribution in [0.1, 0.15) is 24.0 Å². The summed E-state index contributed by atoms with van der Waals surface area (Å²) in [5.41, 5.74) is 2.28.